The summed E-state index contributed by atoms with van der Waals surface area (Å²) in [7, 11) is 0. The fourth-order valence-corrected chi connectivity index (χ4v) is 2.45. The van der Waals surface area contributed by atoms with Gasteiger partial charge in [0.15, 0.2) is 0 Å². The van der Waals surface area contributed by atoms with Crippen molar-refractivity contribution >= 4 is 35.1 Å². The van der Waals surface area contributed by atoms with Gasteiger partial charge in [-0.05, 0) is 32.0 Å². The number of hydrogen-bond donors (Lipinski definition) is 2. The summed E-state index contributed by atoms with van der Waals surface area (Å²) in [4.78, 5) is 24.7. The van der Waals surface area contributed by atoms with Crippen LogP contribution < -0.4 is 5.32 Å². The van der Waals surface area contributed by atoms with E-state index in [-0.39, 0.29) is 12.5 Å². The second-order valence-electron chi connectivity index (χ2n) is 5.15. The third-order valence-electron chi connectivity index (χ3n) is 3.12. The molecule has 1 aromatic rings. The van der Waals surface area contributed by atoms with Gasteiger partial charge in [-0.15, -0.1) is 0 Å². The predicted octanol–water partition coefficient (Wildman–Crippen LogP) is 2.36. The normalized spacial score (nSPS) is 19.1. The highest BCUT2D eigenvalue weighted by atomic mass is 35.5. The maximum Gasteiger partial charge on any atom is 0.325 e. The number of benzene rings is 1. The van der Waals surface area contributed by atoms with Gasteiger partial charge < -0.3 is 10.4 Å². The maximum atomic E-state index is 12.0. The van der Waals surface area contributed by atoms with E-state index in [0.717, 1.165) is 4.90 Å². The van der Waals surface area contributed by atoms with Gasteiger partial charge in [-0.25, -0.2) is 4.79 Å². The van der Waals surface area contributed by atoms with Gasteiger partial charge in [0.25, 0.3) is 5.91 Å². The molecule has 1 aromatic carbocycles. The number of hydrogen-bond acceptors (Lipinski definition) is 3. The third kappa shape index (κ3) is 2.75. The zero-order chi connectivity index (χ0) is 15.1. The van der Waals surface area contributed by atoms with Gasteiger partial charge in [-0.2, -0.15) is 0 Å². The van der Waals surface area contributed by atoms with Crippen LogP contribution in [-0.4, -0.2) is 34.0 Å². The summed E-state index contributed by atoms with van der Waals surface area (Å²) in [5, 5.41) is 13.5. The Bertz CT molecular complexity index is 575. The molecule has 1 fully saturated rings. The maximum absolute atomic E-state index is 12.0. The van der Waals surface area contributed by atoms with Crippen molar-refractivity contribution in [3.63, 3.8) is 0 Å². The molecule has 1 aliphatic rings. The number of rotatable bonds is 3. The van der Waals surface area contributed by atoms with Crippen molar-refractivity contribution < 1.29 is 14.7 Å². The van der Waals surface area contributed by atoms with E-state index in [0.29, 0.717) is 15.6 Å². The first-order valence-corrected chi connectivity index (χ1v) is 6.75. The highest BCUT2D eigenvalue weighted by Crippen LogP contribution is 2.28. The highest BCUT2D eigenvalue weighted by molar-refractivity contribution is 6.33. The average Bonchev–Trinajstić information content (AvgIpc) is 2.54. The first kappa shape index (κ1) is 15.1. The highest BCUT2D eigenvalue weighted by Gasteiger charge is 2.44. The van der Waals surface area contributed by atoms with E-state index >= 15 is 0 Å². The van der Waals surface area contributed by atoms with Crippen molar-refractivity contribution in [1.82, 2.24) is 10.2 Å². The molecule has 0 aliphatic carbocycles. The molecule has 5 nitrogen and oxygen atoms in total. The predicted molar refractivity (Wildman–Crippen MR) is 75.7 cm³/mol. The minimum Gasteiger partial charge on any atom is -0.386 e. The van der Waals surface area contributed by atoms with Crippen LogP contribution in [0.3, 0.4) is 0 Å². The second-order valence-corrected chi connectivity index (χ2v) is 6.00. The summed E-state index contributed by atoms with van der Waals surface area (Å²) in [6, 6.07) is 4.13. The zero-order valence-corrected chi connectivity index (χ0v) is 12.5. The van der Waals surface area contributed by atoms with E-state index in [4.69, 9.17) is 23.2 Å². The topological polar surface area (TPSA) is 69.6 Å². The number of aliphatic hydroxyl groups is 1. The molecule has 0 spiro atoms. The molecule has 0 bridgehead atoms. The van der Waals surface area contributed by atoms with Gasteiger partial charge in [0.1, 0.15) is 5.54 Å². The smallest absolute Gasteiger partial charge is 0.325 e. The Kier molecular flexibility index (Phi) is 3.95. The lowest BCUT2D eigenvalue weighted by atomic mass is 10.1. The molecule has 108 valence electrons. The van der Waals surface area contributed by atoms with Gasteiger partial charge in [0.2, 0.25) is 0 Å². The fourth-order valence-electron chi connectivity index (χ4n) is 2.02. The number of aliphatic hydroxyl groups excluding tert-OH is 1. The summed E-state index contributed by atoms with van der Waals surface area (Å²) in [5.41, 5.74) is -0.584. The molecule has 1 unspecified atom stereocenters. The number of β-amino-alcohol motifs (C(OH)–C–C–N with tert-alkyl or cyclic N) is 1. The summed E-state index contributed by atoms with van der Waals surface area (Å²) >= 11 is 11.8. The van der Waals surface area contributed by atoms with Crippen LogP contribution in [0.4, 0.5) is 4.79 Å². The van der Waals surface area contributed by atoms with E-state index in [1.807, 2.05) is 0 Å². The summed E-state index contributed by atoms with van der Waals surface area (Å²) in [6.45, 7) is 3.03. The fraction of sp³-hybridized carbons (Fsp3) is 0.385. The molecule has 2 rings (SSSR count). The van der Waals surface area contributed by atoms with Crippen LogP contribution in [0.2, 0.25) is 10.0 Å². The molecule has 1 atom stereocenters. The summed E-state index contributed by atoms with van der Waals surface area (Å²) < 4.78 is 0. The van der Waals surface area contributed by atoms with Crippen molar-refractivity contribution in [1.29, 1.82) is 0 Å². The number of imide groups is 1. The molecule has 0 aromatic heterocycles. The molecule has 0 radical (unpaired) electrons. The molecule has 1 heterocycles. The largest absolute Gasteiger partial charge is 0.386 e. The number of carbonyl (C=O) groups excluding carboxylic acids is 2. The number of amides is 3. The molecular formula is C13H14Cl2N2O3. The Hall–Kier alpha value is -1.30. The van der Waals surface area contributed by atoms with E-state index in [1.54, 1.807) is 26.0 Å². The molecule has 7 heteroatoms. The van der Waals surface area contributed by atoms with Gasteiger partial charge in [-0.3, -0.25) is 9.69 Å². The third-order valence-corrected chi connectivity index (χ3v) is 3.70. The minimum absolute atomic E-state index is 0.172. The molecule has 20 heavy (non-hydrogen) atoms. The van der Waals surface area contributed by atoms with Crippen LogP contribution in [0.15, 0.2) is 18.2 Å². The number of urea groups is 1. The van der Waals surface area contributed by atoms with Crippen molar-refractivity contribution in [2.75, 3.05) is 6.54 Å². The SMILES string of the molecule is CC1(C)NC(=O)N(CC(O)c2cc(Cl)ccc2Cl)C1=O. The Labute approximate surface area is 126 Å². The molecule has 0 saturated carbocycles. The lowest BCUT2D eigenvalue weighted by molar-refractivity contribution is -0.131. The Balaban J connectivity index is 2.20. The van der Waals surface area contributed by atoms with E-state index in [9.17, 15) is 14.7 Å². The lowest BCUT2D eigenvalue weighted by Gasteiger charge is -2.20. The summed E-state index contributed by atoms with van der Waals surface area (Å²) in [5.74, 6) is -0.389. The minimum atomic E-state index is -1.09. The average molecular weight is 317 g/mol. The molecule has 1 saturated heterocycles. The van der Waals surface area contributed by atoms with Crippen molar-refractivity contribution in [3.8, 4) is 0 Å². The van der Waals surface area contributed by atoms with Gasteiger partial charge in [0, 0.05) is 15.6 Å². The number of halogens is 2. The standard InChI is InChI=1S/C13H14Cl2N2O3/c1-13(2)11(19)17(12(20)16-13)6-10(18)8-5-7(14)3-4-9(8)15/h3-5,10,18H,6H2,1-2H3,(H,16,20). The van der Waals surface area contributed by atoms with Gasteiger partial charge >= 0.3 is 6.03 Å². The molecule has 1 aliphatic heterocycles. The summed E-state index contributed by atoms with van der Waals surface area (Å²) in [6.07, 6.45) is -1.09. The number of nitrogens with one attached hydrogen (secondary N) is 1. The Morgan fingerprint density at radius 2 is 2.00 bits per heavy atom. The number of carbonyl (C=O) groups is 2. The van der Waals surface area contributed by atoms with Crippen LogP contribution in [0, 0.1) is 0 Å². The van der Waals surface area contributed by atoms with Crippen molar-refractivity contribution in [3.05, 3.63) is 33.8 Å². The van der Waals surface area contributed by atoms with E-state index in [1.165, 1.54) is 6.07 Å². The van der Waals surface area contributed by atoms with Gasteiger partial charge in [0.05, 0.1) is 12.6 Å². The van der Waals surface area contributed by atoms with E-state index in [2.05, 4.69) is 5.32 Å². The Morgan fingerprint density at radius 3 is 2.55 bits per heavy atom. The number of nitrogens with zero attached hydrogens (tertiary/aromatic N) is 1. The van der Waals surface area contributed by atoms with Crippen molar-refractivity contribution in [2.45, 2.75) is 25.5 Å². The van der Waals surface area contributed by atoms with Crippen LogP contribution in [0.25, 0.3) is 0 Å². The van der Waals surface area contributed by atoms with Crippen LogP contribution >= 0.6 is 23.2 Å². The van der Waals surface area contributed by atoms with Crippen LogP contribution in [0.5, 0.6) is 0 Å². The van der Waals surface area contributed by atoms with Gasteiger partial charge in [-0.1, -0.05) is 23.2 Å². The second kappa shape index (κ2) is 5.24. The molecule has 3 amide bonds. The van der Waals surface area contributed by atoms with E-state index < -0.39 is 17.7 Å². The molecular weight excluding hydrogens is 303 g/mol. The van der Waals surface area contributed by atoms with Crippen LogP contribution in [-0.2, 0) is 4.79 Å². The monoisotopic (exact) mass is 316 g/mol. The van der Waals surface area contributed by atoms with Crippen molar-refractivity contribution in [2.24, 2.45) is 0 Å². The first-order valence-electron chi connectivity index (χ1n) is 5.99. The zero-order valence-electron chi connectivity index (χ0n) is 11.0. The van der Waals surface area contributed by atoms with Crippen LogP contribution in [0.1, 0.15) is 25.5 Å². The molecule has 2 N–H and O–H groups in total. The Morgan fingerprint density at radius 1 is 1.35 bits per heavy atom. The lowest BCUT2D eigenvalue weighted by Crippen LogP contribution is -2.40. The first-order chi connectivity index (χ1) is 9.22. The quantitative estimate of drug-likeness (QED) is 0.841.